The Hall–Kier alpha value is -1.39. The first-order chi connectivity index (χ1) is 9.67. The zero-order valence-corrected chi connectivity index (χ0v) is 12.6. The summed E-state index contributed by atoms with van der Waals surface area (Å²) in [6, 6.07) is 8.30. The summed E-state index contributed by atoms with van der Waals surface area (Å²) < 4.78 is 5.17. The summed E-state index contributed by atoms with van der Waals surface area (Å²) in [5.41, 5.74) is 2.57. The number of hydrogen-bond acceptors (Lipinski definition) is 3. The monoisotopic (exact) mass is 276 g/mol. The first-order valence-electron chi connectivity index (χ1n) is 7.27. The third-order valence-electron chi connectivity index (χ3n) is 3.94. The normalized spacial score (nSPS) is 19.2. The molecule has 1 aromatic carbocycles. The van der Waals surface area contributed by atoms with Gasteiger partial charge in [0.2, 0.25) is 5.91 Å². The van der Waals surface area contributed by atoms with Crippen molar-refractivity contribution < 1.29 is 9.53 Å². The van der Waals surface area contributed by atoms with Crippen molar-refractivity contribution in [3.63, 3.8) is 0 Å². The largest absolute Gasteiger partial charge is 0.383 e. The minimum atomic E-state index is -0.121. The molecule has 20 heavy (non-hydrogen) atoms. The van der Waals surface area contributed by atoms with E-state index < -0.39 is 0 Å². The molecule has 2 atom stereocenters. The second-order valence-corrected chi connectivity index (χ2v) is 5.33. The van der Waals surface area contributed by atoms with Crippen LogP contribution in [-0.4, -0.2) is 43.2 Å². The molecule has 0 radical (unpaired) electrons. The topological polar surface area (TPSA) is 41.6 Å². The number of carbonyl (C=O) groups excluding carboxylic acids is 1. The molecule has 0 bridgehead atoms. The number of amides is 1. The quantitative estimate of drug-likeness (QED) is 0.888. The molecule has 0 aliphatic carbocycles. The summed E-state index contributed by atoms with van der Waals surface area (Å²) in [5.74, 6) is 0.173. The maximum Gasteiger partial charge on any atom is 0.240 e. The summed E-state index contributed by atoms with van der Waals surface area (Å²) in [4.78, 5) is 14.6. The van der Waals surface area contributed by atoms with E-state index in [1.54, 1.807) is 7.11 Å². The molecule has 4 heteroatoms. The Bertz CT molecular complexity index is 462. The Morgan fingerprint density at radius 2 is 2.15 bits per heavy atom. The van der Waals surface area contributed by atoms with Crippen LogP contribution in [0.25, 0.3) is 0 Å². The maximum atomic E-state index is 12.7. The highest BCUT2D eigenvalue weighted by Gasteiger charge is 2.29. The molecular formula is C16H24N2O2. The zero-order chi connectivity index (χ0) is 14.5. The first kappa shape index (κ1) is 15.0. The number of nitrogens with zero attached hydrogens (tertiary/aromatic N) is 1. The Morgan fingerprint density at radius 3 is 2.80 bits per heavy atom. The summed E-state index contributed by atoms with van der Waals surface area (Å²) >= 11 is 0. The lowest BCUT2D eigenvalue weighted by atomic mass is 9.95. The standard InChI is InChI=1S/C16H24N2O2/c1-4-18(12(2)11-20-3)16(19)15-9-13-7-5-6-8-14(13)10-17-15/h5-8,12,15,17H,4,9-11H2,1-3H3/t12?,15-/m0/s1. The van der Waals surface area contributed by atoms with Crippen LogP contribution in [0.1, 0.15) is 25.0 Å². The van der Waals surface area contributed by atoms with E-state index in [2.05, 4.69) is 17.4 Å². The molecule has 0 saturated carbocycles. The van der Waals surface area contributed by atoms with Crippen LogP contribution in [0, 0.1) is 0 Å². The Balaban J connectivity index is 2.06. The van der Waals surface area contributed by atoms with E-state index in [0.29, 0.717) is 13.2 Å². The molecule has 0 saturated heterocycles. The number of ether oxygens (including phenoxy) is 1. The van der Waals surface area contributed by atoms with Gasteiger partial charge < -0.3 is 15.0 Å². The molecule has 1 amide bonds. The number of likely N-dealkylation sites (N-methyl/N-ethyl adjacent to an activating group) is 1. The highest BCUT2D eigenvalue weighted by molar-refractivity contribution is 5.83. The molecule has 110 valence electrons. The lowest BCUT2D eigenvalue weighted by Gasteiger charge is -2.33. The van der Waals surface area contributed by atoms with E-state index in [1.807, 2.05) is 30.9 Å². The lowest BCUT2D eigenvalue weighted by Crippen LogP contribution is -2.52. The molecule has 1 unspecified atom stereocenters. The lowest BCUT2D eigenvalue weighted by molar-refractivity contribution is -0.136. The van der Waals surface area contributed by atoms with Crippen LogP contribution in [0.2, 0.25) is 0 Å². The fourth-order valence-corrected chi connectivity index (χ4v) is 2.85. The molecule has 1 aromatic rings. The van der Waals surface area contributed by atoms with Gasteiger partial charge in [-0.25, -0.2) is 0 Å². The summed E-state index contributed by atoms with van der Waals surface area (Å²) in [5, 5.41) is 3.35. The number of hydrogen-bond donors (Lipinski definition) is 1. The fraction of sp³-hybridized carbons (Fsp3) is 0.562. The van der Waals surface area contributed by atoms with Crippen molar-refractivity contribution in [2.24, 2.45) is 0 Å². The third-order valence-corrected chi connectivity index (χ3v) is 3.94. The van der Waals surface area contributed by atoms with Crippen molar-refractivity contribution in [2.45, 2.75) is 38.9 Å². The smallest absolute Gasteiger partial charge is 0.240 e. The summed E-state index contributed by atoms with van der Waals surface area (Å²) in [6.07, 6.45) is 0.769. The van der Waals surface area contributed by atoms with Gasteiger partial charge in [-0.2, -0.15) is 0 Å². The van der Waals surface area contributed by atoms with Crippen molar-refractivity contribution >= 4 is 5.91 Å². The van der Waals surface area contributed by atoms with Crippen LogP contribution in [-0.2, 0) is 22.5 Å². The second kappa shape index (κ2) is 6.86. The SMILES string of the molecule is CCN(C(=O)[C@@H]1Cc2ccccc2CN1)C(C)COC. The predicted octanol–water partition coefficient (Wildman–Crippen LogP) is 1.58. The van der Waals surface area contributed by atoms with E-state index in [1.165, 1.54) is 11.1 Å². The molecule has 0 aromatic heterocycles. The Morgan fingerprint density at radius 1 is 1.45 bits per heavy atom. The molecule has 0 fully saturated rings. The number of rotatable bonds is 5. The number of carbonyl (C=O) groups is 1. The molecule has 0 spiro atoms. The van der Waals surface area contributed by atoms with Crippen LogP contribution in [0.4, 0.5) is 0 Å². The highest BCUT2D eigenvalue weighted by atomic mass is 16.5. The van der Waals surface area contributed by atoms with Crippen molar-refractivity contribution in [2.75, 3.05) is 20.3 Å². The number of methoxy groups -OCH3 is 1. The van der Waals surface area contributed by atoms with Gasteiger partial charge in [0.1, 0.15) is 0 Å². The molecule has 1 heterocycles. The third kappa shape index (κ3) is 3.19. The predicted molar refractivity (Wildman–Crippen MR) is 79.5 cm³/mol. The first-order valence-corrected chi connectivity index (χ1v) is 7.27. The molecule has 4 nitrogen and oxygen atoms in total. The van der Waals surface area contributed by atoms with E-state index in [-0.39, 0.29) is 18.0 Å². The average Bonchev–Trinajstić information content (AvgIpc) is 2.47. The summed E-state index contributed by atoms with van der Waals surface area (Å²) in [7, 11) is 1.67. The number of nitrogens with one attached hydrogen (secondary N) is 1. The van der Waals surface area contributed by atoms with E-state index in [0.717, 1.165) is 13.0 Å². The van der Waals surface area contributed by atoms with Crippen LogP contribution in [0.15, 0.2) is 24.3 Å². The van der Waals surface area contributed by atoms with E-state index >= 15 is 0 Å². The van der Waals surface area contributed by atoms with Crippen molar-refractivity contribution in [3.05, 3.63) is 35.4 Å². The second-order valence-electron chi connectivity index (χ2n) is 5.33. The van der Waals surface area contributed by atoms with Gasteiger partial charge in [-0.05, 0) is 31.4 Å². The van der Waals surface area contributed by atoms with E-state index in [9.17, 15) is 4.79 Å². The molecule has 1 N–H and O–H groups in total. The molecular weight excluding hydrogens is 252 g/mol. The van der Waals surface area contributed by atoms with Gasteiger partial charge in [-0.3, -0.25) is 4.79 Å². The van der Waals surface area contributed by atoms with Crippen molar-refractivity contribution in [3.8, 4) is 0 Å². The van der Waals surface area contributed by atoms with Gasteiger partial charge in [0.05, 0.1) is 18.7 Å². The van der Waals surface area contributed by atoms with Gasteiger partial charge in [-0.15, -0.1) is 0 Å². The van der Waals surface area contributed by atoms with E-state index in [4.69, 9.17) is 4.74 Å². The molecule has 1 aliphatic rings. The average molecular weight is 276 g/mol. The van der Waals surface area contributed by atoms with Gasteiger partial charge in [-0.1, -0.05) is 24.3 Å². The van der Waals surface area contributed by atoms with Crippen LogP contribution in [0.5, 0.6) is 0 Å². The minimum Gasteiger partial charge on any atom is -0.383 e. The maximum absolute atomic E-state index is 12.7. The van der Waals surface area contributed by atoms with Gasteiger partial charge in [0.15, 0.2) is 0 Å². The number of benzene rings is 1. The Labute approximate surface area is 121 Å². The van der Waals surface area contributed by atoms with Crippen molar-refractivity contribution in [1.29, 1.82) is 0 Å². The Kier molecular flexibility index (Phi) is 5.15. The van der Waals surface area contributed by atoms with Crippen molar-refractivity contribution in [1.82, 2.24) is 10.2 Å². The van der Waals surface area contributed by atoms with Gasteiger partial charge in [0.25, 0.3) is 0 Å². The zero-order valence-electron chi connectivity index (χ0n) is 12.6. The van der Waals surface area contributed by atoms with Crippen LogP contribution >= 0.6 is 0 Å². The van der Waals surface area contributed by atoms with Crippen LogP contribution < -0.4 is 5.32 Å². The van der Waals surface area contributed by atoms with Gasteiger partial charge in [0, 0.05) is 20.2 Å². The summed E-state index contributed by atoms with van der Waals surface area (Å²) in [6.45, 7) is 6.09. The molecule has 2 rings (SSSR count). The highest BCUT2D eigenvalue weighted by Crippen LogP contribution is 2.18. The number of fused-ring (bicyclic) bond motifs is 1. The van der Waals surface area contributed by atoms with Crippen LogP contribution in [0.3, 0.4) is 0 Å². The fourth-order valence-electron chi connectivity index (χ4n) is 2.85. The molecule has 1 aliphatic heterocycles. The van der Waals surface area contributed by atoms with Gasteiger partial charge >= 0.3 is 0 Å². The minimum absolute atomic E-state index is 0.108.